The van der Waals surface area contributed by atoms with Gasteiger partial charge in [-0.3, -0.25) is 9.59 Å². The van der Waals surface area contributed by atoms with Gasteiger partial charge in [0, 0.05) is 10.6 Å². The second-order valence-corrected chi connectivity index (χ2v) is 7.54. The minimum atomic E-state index is -0.521. The Hall–Kier alpha value is -3.30. The largest absolute Gasteiger partial charge is 0.493 e. The van der Waals surface area contributed by atoms with Crippen molar-refractivity contribution in [3.63, 3.8) is 0 Å². The van der Waals surface area contributed by atoms with Gasteiger partial charge in [-0.25, -0.2) is 4.79 Å². The maximum Gasteiger partial charge on any atom is 0.343 e. The molecule has 2 aromatic rings. The van der Waals surface area contributed by atoms with Gasteiger partial charge in [-0.05, 0) is 59.8 Å². The highest BCUT2D eigenvalue weighted by Gasteiger charge is 2.25. The minimum Gasteiger partial charge on any atom is -0.493 e. The number of benzene rings is 2. The Labute approximate surface area is 187 Å². The van der Waals surface area contributed by atoms with Crippen LogP contribution in [0, 0.1) is 0 Å². The van der Waals surface area contributed by atoms with Gasteiger partial charge in [0.2, 0.25) is 0 Å². The third-order valence-electron chi connectivity index (χ3n) is 4.00. The number of aliphatic imine (C=N–C) groups is 1. The van der Waals surface area contributed by atoms with Crippen LogP contribution >= 0.6 is 23.4 Å². The fourth-order valence-electron chi connectivity index (χ4n) is 2.47. The van der Waals surface area contributed by atoms with Crippen LogP contribution in [0.2, 0.25) is 5.02 Å². The van der Waals surface area contributed by atoms with E-state index in [1.54, 1.807) is 48.5 Å². The van der Waals surface area contributed by atoms with Crippen LogP contribution < -0.4 is 14.8 Å². The van der Waals surface area contributed by atoms with Crippen LogP contribution in [0.1, 0.15) is 15.9 Å². The lowest BCUT2D eigenvalue weighted by Crippen LogP contribution is -2.20. The van der Waals surface area contributed by atoms with E-state index in [1.807, 2.05) is 0 Å². The fourth-order valence-corrected chi connectivity index (χ4v) is 3.42. The molecule has 1 N–H and O–H groups in total. The summed E-state index contributed by atoms with van der Waals surface area (Å²) in [5.41, 5.74) is 1.02. The zero-order chi connectivity index (χ0) is 22.4. The van der Waals surface area contributed by atoms with Gasteiger partial charge in [-0.15, -0.1) is 0 Å². The van der Waals surface area contributed by atoms with Crippen molar-refractivity contribution in [2.45, 2.75) is 0 Å². The van der Waals surface area contributed by atoms with Gasteiger partial charge in [-0.2, -0.15) is 4.99 Å². The topological polar surface area (TPSA) is 103 Å². The minimum absolute atomic E-state index is 0.182. The molecule has 10 heteroatoms. The number of ether oxygens (including phenoxy) is 3. The first kappa shape index (κ1) is 22.4. The molecule has 8 nitrogen and oxygen atoms in total. The number of esters is 1. The fraction of sp³-hybridized carbons (Fsp3) is 0.143. The summed E-state index contributed by atoms with van der Waals surface area (Å²) in [6.45, 7) is -0.257. The van der Waals surface area contributed by atoms with Gasteiger partial charge in [0.1, 0.15) is 0 Å². The van der Waals surface area contributed by atoms with Gasteiger partial charge in [-0.1, -0.05) is 17.7 Å². The molecule has 31 heavy (non-hydrogen) atoms. The van der Waals surface area contributed by atoms with Crippen molar-refractivity contribution < 1.29 is 28.6 Å². The molecule has 3 rings (SSSR count). The number of halogens is 1. The Kier molecular flexibility index (Phi) is 7.32. The second-order valence-electron chi connectivity index (χ2n) is 6.07. The van der Waals surface area contributed by atoms with Crippen LogP contribution in [0.3, 0.4) is 0 Å². The molecule has 1 aliphatic heterocycles. The molecule has 1 fully saturated rings. The van der Waals surface area contributed by atoms with E-state index in [4.69, 9.17) is 21.1 Å². The van der Waals surface area contributed by atoms with Gasteiger partial charge in [0.25, 0.3) is 11.8 Å². The van der Waals surface area contributed by atoms with E-state index in [2.05, 4.69) is 15.0 Å². The van der Waals surface area contributed by atoms with Crippen molar-refractivity contribution in [1.29, 1.82) is 0 Å². The van der Waals surface area contributed by atoms with Crippen molar-refractivity contribution in [1.82, 2.24) is 5.32 Å². The molecule has 0 aliphatic carbocycles. The highest BCUT2D eigenvalue weighted by molar-refractivity contribution is 8.18. The lowest BCUT2D eigenvalue weighted by Gasteiger charge is -2.10. The summed E-state index contributed by atoms with van der Waals surface area (Å²) in [4.78, 5) is 40.1. The second kappa shape index (κ2) is 10.1. The number of thioether (sulfide) groups is 1. The predicted molar refractivity (Wildman–Crippen MR) is 117 cm³/mol. The van der Waals surface area contributed by atoms with E-state index in [9.17, 15) is 14.4 Å². The molecule has 1 aliphatic rings. The zero-order valence-electron chi connectivity index (χ0n) is 16.5. The smallest absolute Gasteiger partial charge is 0.343 e. The maximum atomic E-state index is 12.3. The molecule has 2 aromatic carbocycles. The Bertz CT molecular complexity index is 1080. The molecule has 1 saturated heterocycles. The summed E-state index contributed by atoms with van der Waals surface area (Å²) in [6, 6.07) is 11.3. The average molecular weight is 461 g/mol. The number of nitrogens with one attached hydrogen (secondary N) is 1. The Morgan fingerprint density at radius 2 is 1.87 bits per heavy atom. The summed E-state index contributed by atoms with van der Waals surface area (Å²) >= 11 is 6.86. The molecular formula is C21H17ClN2O6S. The molecule has 1 heterocycles. The summed E-state index contributed by atoms with van der Waals surface area (Å²) in [5, 5.41) is 3.26. The SMILES string of the molecule is COC(=O)COc1ccc(/C=C2\SC(=NC(=O)c3ccc(Cl)cc3)NC2=O)cc1OC. The zero-order valence-corrected chi connectivity index (χ0v) is 18.1. The summed E-state index contributed by atoms with van der Waals surface area (Å²) < 4.78 is 15.2. The quantitative estimate of drug-likeness (QED) is 0.521. The number of amides is 2. The van der Waals surface area contributed by atoms with Crippen molar-refractivity contribution in [3.8, 4) is 11.5 Å². The van der Waals surface area contributed by atoms with Crippen molar-refractivity contribution in [2.24, 2.45) is 4.99 Å². The average Bonchev–Trinajstić information content (AvgIpc) is 3.11. The molecule has 160 valence electrons. The highest BCUT2D eigenvalue weighted by Crippen LogP contribution is 2.31. The third kappa shape index (κ3) is 5.87. The van der Waals surface area contributed by atoms with Crippen LogP contribution in [-0.4, -0.2) is 43.8 Å². The van der Waals surface area contributed by atoms with Crippen LogP contribution in [-0.2, 0) is 14.3 Å². The Morgan fingerprint density at radius 1 is 1.13 bits per heavy atom. The summed E-state index contributed by atoms with van der Waals surface area (Å²) in [6.07, 6.45) is 1.63. The number of rotatable bonds is 6. The Balaban J connectivity index is 1.74. The molecule has 0 radical (unpaired) electrons. The first-order chi connectivity index (χ1) is 14.9. The van der Waals surface area contributed by atoms with Crippen LogP contribution in [0.4, 0.5) is 0 Å². The molecule has 0 spiro atoms. The maximum absolute atomic E-state index is 12.3. The number of carbonyl (C=O) groups excluding carboxylic acids is 3. The van der Waals surface area contributed by atoms with E-state index in [-0.39, 0.29) is 17.7 Å². The van der Waals surface area contributed by atoms with Crippen LogP contribution in [0.5, 0.6) is 11.5 Å². The molecule has 2 amide bonds. The number of hydrogen-bond donors (Lipinski definition) is 1. The summed E-state index contributed by atoms with van der Waals surface area (Å²) in [5.74, 6) is -0.651. The third-order valence-corrected chi connectivity index (χ3v) is 5.17. The van der Waals surface area contributed by atoms with Gasteiger partial charge >= 0.3 is 5.97 Å². The normalized spacial score (nSPS) is 15.6. The van der Waals surface area contributed by atoms with Crippen molar-refractivity contribution in [3.05, 3.63) is 63.5 Å². The van der Waals surface area contributed by atoms with Crippen LogP contribution in [0.15, 0.2) is 52.4 Å². The lowest BCUT2D eigenvalue weighted by atomic mass is 10.2. The molecule has 0 bridgehead atoms. The van der Waals surface area contributed by atoms with E-state index >= 15 is 0 Å². The number of carbonyl (C=O) groups is 3. The lowest BCUT2D eigenvalue weighted by molar-refractivity contribution is -0.142. The van der Waals surface area contributed by atoms with E-state index in [0.29, 0.717) is 32.6 Å². The number of hydrogen-bond acceptors (Lipinski definition) is 7. The predicted octanol–water partition coefficient (Wildman–Crippen LogP) is 3.30. The standard InChI is InChI=1S/C21H17ClN2O6S/c1-28-16-9-12(3-8-15(16)30-11-18(25)29-2)10-17-20(27)24-21(31-17)23-19(26)13-4-6-14(22)7-5-13/h3-10H,11H2,1-2H3,(H,23,24,26,27)/b17-10-. The monoisotopic (exact) mass is 460 g/mol. The molecule has 0 unspecified atom stereocenters. The van der Waals surface area contributed by atoms with Crippen molar-refractivity contribution in [2.75, 3.05) is 20.8 Å². The van der Waals surface area contributed by atoms with E-state index in [1.165, 1.54) is 14.2 Å². The van der Waals surface area contributed by atoms with Gasteiger partial charge < -0.3 is 19.5 Å². The number of methoxy groups -OCH3 is 2. The number of nitrogens with zero attached hydrogens (tertiary/aromatic N) is 1. The number of amidine groups is 1. The molecule has 0 aromatic heterocycles. The first-order valence-corrected chi connectivity index (χ1v) is 10.1. The van der Waals surface area contributed by atoms with Crippen LogP contribution in [0.25, 0.3) is 6.08 Å². The van der Waals surface area contributed by atoms with Gasteiger partial charge in [0.05, 0.1) is 19.1 Å². The first-order valence-electron chi connectivity index (χ1n) is 8.86. The van der Waals surface area contributed by atoms with Gasteiger partial charge in [0.15, 0.2) is 23.3 Å². The summed E-state index contributed by atoms with van der Waals surface area (Å²) in [7, 11) is 2.73. The molecular weight excluding hydrogens is 444 g/mol. The molecule has 0 atom stereocenters. The Morgan fingerprint density at radius 3 is 2.55 bits per heavy atom. The van der Waals surface area contributed by atoms with E-state index < -0.39 is 11.9 Å². The van der Waals surface area contributed by atoms with Crippen molar-refractivity contribution >= 4 is 52.4 Å². The van der Waals surface area contributed by atoms with E-state index in [0.717, 1.165) is 11.8 Å². The molecule has 0 saturated carbocycles. The highest BCUT2D eigenvalue weighted by atomic mass is 35.5.